The average molecular weight is 218 g/mol. The van der Waals surface area contributed by atoms with Crippen molar-refractivity contribution in [2.75, 3.05) is 0 Å². The van der Waals surface area contributed by atoms with Crippen molar-refractivity contribution in [2.24, 2.45) is 0 Å². The summed E-state index contributed by atoms with van der Waals surface area (Å²) >= 11 is 0. The fourth-order valence-corrected chi connectivity index (χ4v) is 2.44. The van der Waals surface area contributed by atoms with Crippen molar-refractivity contribution in [3.05, 3.63) is 60.8 Å². The molecular formula is C15H10N2. The molecule has 80 valence electrons. The summed E-state index contributed by atoms with van der Waals surface area (Å²) < 4.78 is 2.26. The van der Waals surface area contributed by atoms with Gasteiger partial charge in [-0.1, -0.05) is 30.3 Å². The molecule has 0 amide bonds. The lowest BCUT2D eigenvalue weighted by Gasteiger charge is -2.02. The molecule has 0 bridgehead atoms. The topological polar surface area (TPSA) is 17.3 Å². The van der Waals surface area contributed by atoms with Crippen molar-refractivity contribution in [3.8, 4) is 0 Å². The molecule has 0 unspecified atom stereocenters. The first-order valence-electron chi connectivity index (χ1n) is 5.67. The van der Waals surface area contributed by atoms with Gasteiger partial charge in [0.05, 0.1) is 28.3 Å². The van der Waals surface area contributed by atoms with E-state index in [1.807, 2.05) is 18.3 Å². The van der Waals surface area contributed by atoms with E-state index in [1.54, 1.807) is 0 Å². The summed E-state index contributed by atoms with van der Waals surface area (Å²) in [4.78, 5) is 4.48. The molecule has 0 aliphatic heterocycles. The van der Waals surface area contributed by atoms with Gasteiger partial charge in [-0.2, -0.15) is 0 Å². The van der Waals surface area contributed by atoms with Crippen LogP contribution in [0.4, 0.5) is 0 Å². The maximum atomic E-state index is 4.48. The minimum atomic E-state index is 1.03. The van der Waals surface area contributed by atoms with Crippen LogP contribution >= 0.6 is 0 Å². The molecule has 0 radical (unpaired) electrons. The van der Waals surface area contributed by atoms with Crippen LogP contribution in [0.2, 0.25) is 0 Å². The maximum absolute atomic E-state index is 4.48. The summed E-state index contributed by atoms with van der Waals surface area (Å²) in [5, 5.41) is 1.26. The first-order valence-corrected chi connectivity index (χ1v) is 5.67. The van der Waals surface area contributed by atoms with Gasteiger partial charge in [-0.15, -0.1) is 0 Å². The Labute approximate surface area is 98.1 Å². The highest BCUT2D eigenvalue weighted by Crippen LogP contribution is 2.23. The lowest BCUT2D eigenvalue weighted by atomic mass is 10.2. The molecule has 0 atom stereocenters. The number of fused-ring (bicyclic) bond motifs is 5. The molecule has 2 nitrogen and oxygen atoms in total. The van der Waals surface area contributed by atoms with E-state index in [9.17, 15) is 0 Å². The number of rotatable bonds is 0. The Balaban J connectivity index is 2.38. The molecule has 2 heteroatoms. The standard InChI is InChI=1S/C15H10N2/c1-3-7-14-11(5-1)9-12-10-16-13-6-2-4-8-15(13)17(12)14/h1-10H. The monoisotopic (exact) mass is 218 g/mol. The number of benzene rings is 2. The Morgan fingerprint density at radius 3 is 2.53 bits per heavy atom. The van der Waals surface area contributed by atoms with Crippen molar-refractivity contribution in [1.29, 1.82) is 0 Å². The Hall–Kier alpha value is -2.35. The zero-order valence-corrected chi connectivity index (χ0v) is 9.17. The van der Waals surface area contributed by atoms with E-state index in [1.165, 1.54) is 10.9 Å². The van der Waals surface area contributed by atoms with Gasteiger partial charge < -0.3 is 4.40 Å². The molecule has 17 heavy (non-hydrogen) atoms. The average Bonchev–Trinajstić information content (AvgIpc) is 2.77. The highest BCUT2D eigenvalue weighted by Gasteiger charge is 2.05. The van der Waals surface area contributed by atoms with Crippen LogP contribution in [0.5, 0.6) is 0 Å². The lowest BCUT2D eigenvalue weighted by molar-refractivity contribution is 1.27. The molecule has 2 aromatic heterocycles. The first kappa shape index (κ1) is 8.76. The largest absolute Gasteiger partial charge is 0.306 e. The number of hydrogen-bond acceptors (Lipinski definition) is 1. The van der Waals surface area contributed by atoms with E-state index in [-0.39, 0.29) is 0 Å². The molecule has 0 saturated carbocycles. The minimum Gasteiger partial charge on any atom is -0.306 e. The van der Waals surface area contributed by atoms with Crippen LogP contribution in [0, 0.1) is 0 Å². The van der Waals surface area contributed by atoms with E-state index in [0.717, 1.165) is 16.6 Å². The van der Waals surface area contributed by atoms with Gasteiger partial charge in [-0.05, 0) is 24.3 Å². The second kappa shape index (κ2) is 3.08. The Bertz CT molecular complexity index is 837. The Morgan fingerprint density at radius 1 is 0.824 bits per heavy atom. The number of nitrogens with zero attached hydrogens (tertiary/aromatic N) is 2. The third-order valence-corrected chi connectivity index (χ3v) is 3.20. The molecule has 2 heterocycles. The van der Waals surface area contributed by atoms with Crippen molar-refractivity contribution >= 4 is 27.5 Å². The van der Waals surface area contributed by atoms with Gasteiger partial charge in [0.1, 0.15) is 0 Å². The van der Waals surface area contributed by atoms with Gasteiger partial charge in [0.2, 0.25) is 0 Å². The second-order valence-corrected chi connectivity index (χ2v) is 4.21. The van der Waals surface area contributed by atoms with Crippen LogP contribution in [-0.4, -0.2) is 9.38 Å². The molecule has 0 N–H and O–H groups in total. The summed E-state index contributed by atoms with van der Waals surface area (Å²) in [6.45, 7) is 0. The minimum absolute atomic E-state index is 1.03. The normalized spacial score (nSPS) is 11.5. The molecule has 4 aromatic rings. The van der Waals surface area contributed by atoms with Gasteiger partial charge in [0.25, 0.3) is 0 Å². The van der Waals surface area contributed by atoms with Crippen molar-refractivity contribution in [3.63, 3.8) is 0 Å². The van der Waals surface area contributed by atoms with E-state index in [4.69, 9.17) is 0 Å². The van der Waals surface area contributed by atoms with Gasteiger partial charge in [0, 0.05) is 5.39 Å². The lowest BCUT2D eigenvalue weighted by Crippen LogP contribution is -1.89. The highest BCUT2D eigenvalue weighted by atomic mass is 14.9. The van der Waals surface area contributed by atoms with E-state index in [2.05, 4.69) is 51.8 Å². The summed E-state index contributed by atoms with van der Waals surface area (Å²) in [5.41, 5.74) is 4.57. The van der Waals surface area contributed by atoms with Crippen molar-refractivity contribution < 1.29 is 0 Å². The quantitative estimate of drug-likeness (QED) is 0.440. The van der Waals surface area contributed by atoms with Crippen molar-refractivity contribution in [1.82, 2.24) is 9.38 Å². The van der Waals surface area contributed by atoms with E-state index < -0.39 is 0 Å². The third kappa shape index (κ3) is 1.12. The Kier molecular flexibility index (Phi) is 1.59. The predicted octanol–water partition coefficient (Wildman–Crippen LogP) is 3.64. The molecule has 0 saturated heterocycles. The molecule has 0 fully saturated rings. The summed E-state index contributed by atoms with van der Waals surface area (Å²) in [6.07, 6.45) is 1.93. The highest BCUT2D eigenvalue weighted by molar-refractivity contribution is 5.92. The van der Waals surface area contributed by atoms with Crippen LogP contribution in [0.15, 0.2) is 60.8 Å². The zero-order valence-electron chi connectivity index (χ0n) is 9.17. The summed E-state index contributed by atoms with van der Waals surface area (Å²) in [5.74, 6) is 0. The summed E-state index contributed by atoms with van der Waals surface area (Å²) in [6, 6.07) is 18.8. The van der Waals surface area contributed by atoms with Gasteiger partial charge in [-0.3, -0.25) is 4.98 Å². The second-order valence-electron chi connectivity index (χ2n) is 4.21. The molecular weight excluding hydrogens is 208 g/mol. The number of hydrogen-bond donors (Lipinski definition) is 0. The molecule has 4 rings (SSSR count). The van der Waals surface area contributed by atoms with Crippen LogP contribution in [0.25, 0.3) is 27.5 Å². The SMILES string of the molecule is c1ccc2c(c1)cc1cnc3ccccc3n12. The summed E-state index contributed by atoms with van der Waals surface area (Å²) in [7, 11) is 0. The van der Waals surface area contributed by atoms with Crippen LogP contribution < -0.4 is 0 Å². The van der Waals surface area contributed by atoms with Gasteiger partial charge in [-0.25, -0.2) is 0 Å². The molecule has 0 spiro atoms. The number of aromatic nitrogens is 2. The van der Waals surface area contributed by atoms with Crippen LogP contribution in [-0.2, 0) is 0 Å². The zero-order chi connectivity index (χ0) is 11.2. The smallest absolute Gasteiger partial charge is 0.0871 e. The molecule has 0 aliphatic carbocycles. The van der Waals surface area contributed by atoms with Crippen LogP contribution in [0.1, 0.15) is 0 Å². The third-order valence-electron chi connectivity index (χ3n) is 3.20. The van der Waals surface area contributed by atoms with Gasteiger partial charge in [0.15, 0.2) is 0 Å². The van der Waals surface area contributed by atoms with Crippen molar-refractivity contribution in [2.45, 2.75) is 0 Å². The maximum Gasteiger partial charge on any atom is 0.0871 e. The van der Waals surface area contributed by atoms with Gasteiger partial charge >= 0.3 is 0 Å². The first-order chi connectivity index (χ1) is 8.43. The molecule has 2 aromatic carbocycles. The predicted molar refractivity (Wildman–Crippen MR) is 70.2 cm³/mol. The van der Waals surface area contributed by atoms with E-state index in [0.29, 0.717) is 0 Å². The molecule has 0 aliphatic rings. The Morgan fingerprint density at radius 2 is 1.59 bits per heavy atom. The fraction of sp³-hybridized carbons (Fsp3) is 0. The number of para-hydroxylation sites is 3. The fourth-order valence-electron chi connectivity index (χ4n) is 2.44. The van der Waals surface area contributed by atoms with E-state index >= 15 is 0 Å². The van der Waals surface area contributed by atoms with Crippen LogP contribution in [0.3, 0.4) is 0 Å².